The lowest BCUT2D eigenvalue weighted by Gasteiger charge is -1.98. The van der Waals surface area contributed by atoms with Gasteiger partial charge in [0.2, 0.25) is 0 Å². The van der Waals surface area contributed by atoms with E-state index in [1.165, 1.54) is 0 Å². The fourth-order valence-corrected chi connectivity index (χ4v) is 0.981. The van der Waals surface area contributed by atoms with Crippen molar-refractivity contribution in [3.63, 3.8) is 0 Å². The summed E-state index contributed by atoms with van der Waals surface area (Å²) in [5, 5.41) is 3.02. The molecule has 0 aliphatic rings. The first-order chi connectivity index (χ1) is 5.36. The van der Waals surface area contributed by atoms with Gasteiger partial charge in [-0.2, -0.15) is 0 Å². The highest BCUT2D eigenvalue weighted by Gasteiger charge is 1.91. The van der Waals surface area contributed by atoms with E-state index in [-0.39, 0.29) is 0 Å². The summed E-state index contributed by atoms with van der Waals surface area (Å²) in [5.41, 5.74) is 1.87. The van der Waals surface area contributed by atoms with Crippen LogP contribution < -0.4 is 5.32 Å². The number of carbonyl (C=O) groups excluding carboxylic acids is 1. The molecule has 58 valence electrons. The number of hydrogen-bond donors (Lipinski definition) is 1. The van der Waals surface area contributed by atoms with E-state index in [9.17, 15) is 4.79 Å². The van der Waals surface area contributed by atoms with Crippen molar-refractivity contribution in [3.05, 3.63) is 35.4 Å². The molecule has 0 aliphatic heterocycles. The van der Waals surface area contributed by atoms with Gasteiger partial charge < -0.3 is 5.32 Å². The zero-order valence-electron chi connectivity index (χ0n) is 6.50. The maximum Gasteiger partial charge on any atom is 0.150 e. The maximum atomic E-state index is 10.3. The molecule has 2 nitrogen and oxygen atoms in total. The molecule has 11 heavy (non-hydrogen) atoms. The maximum absolute atomic E-state index is 10.3. The fraction of sp³-hybridized carbons (Fsp3) is 0.222. The van der Waals surface area contributed by atoms with Crippen LogP contribution in [0.4, 0.5) is 0 Å². The van der Waals surface area contributed by atoms with Gasteiger partial charge in [0.25, 0.3) is 0 Å². The zero-order valence-corrected chi connectivity index (χ0v) is 6.50. The zero-order chi connectivity index (χ0) is 8.10. The topological polar surface area (TPSA) is 29.1 Å². The predicted octanol–water partition coefficient (Wildman–Crippen LogP) is 1.22. The highest BCUT2D eigenvalue weighted by atomic mass is 16.1. The molecule has 0 fully saturated rings. The lowest BCUT2D eigenvalue weighted by atomic mass is 10.1. The second kappa shape index (κ2) is 3.88. The molecule has 1 aromatic carbocycles. The SMILES string of the molecule is CNCc1cccc(C=O)c1. The smallest absolute Gasteiger partial charge is 0.150 e. The molecule has 0 bridgehead atoms. The normalized spacial score (nSPS) is 9.55. The Balaban J connectivity index is 2.82. The first-order valence-corrected chi connectivity index (χ1v) is 3.55. The van der Waals surface area contributed by atoms with Crippen molar-refractivity contribution < 1.29 is 4.79 Å². The molecule has 0 aliphatic carbocycles. The van der Waals surface area contributed by atoms with Crippen LogP contribution in [0, 0.1) is 0 Å². The molecule has 0 saturated carbocycles. The van der Waals surface area contributed by atoms with Gasteiger partial charge in [0.15, 0.2) is 0 Å². The monoisotopic (exact) mass is 149 g/mol. The summed E-state index contributed by atoms with van der Waals surface area (Å²) in [6.45, 7) is 0.807. The number of rotatable bonds is 3. The van der Waals surface area contributed by atoms with Crippen LogP contribution in [-0.2, 0) is 6.54 Å². The van der Waals surface area contributed by atoms with Crippen LogP contribution in [0.2, 0.25) is 0 Å². The molecule has 0 saturated heterocycles. The van der Waals surface area contributed by atoms with E-state index in [1.807, 2.05) is 25.2 Å². The molecular formula is C9H11NO. The third-order valence-corrected chi connectivity index (χ3v) is 1.47. The predicted molar refractivity (Wildman–Crippen MR) is 44.6 cm³/mol. The van der Waals surface area contributed by atoms with Crippen LogP contribution in [0.1, 0.15) is 15.9 Å². The Labute approximate surface area is 66.2 Å². The van der Waals surface area contributed by atoms with Gasteiger partial charge in [-0.05, 0) is 18.7 Å². The van der Waals surface area contributed by atoms with E-state index in [2.05, 4.69) is 5.32 Å². The van der Waals surface area contributed by atoms with Crippen molar-refractivity contribution in [3.8, 4) is 0 Å². The fourth-order valence-electron chi connectivity index (χ4n) is 0.981. The largest absolute Gasteiger partial charge is 0.316 e. The molecular weight excluding hydrogens is 138 g/mol. The molecule has 1 aromatic rings. The summed E-state index contributed by atoms with van der Waals surface area (Å²) in [6.07, 6.45) is 0.860. The van der Waals surface area contributed by atoms with Crippen LogP contribution in [0.3, 0.4) is 0 Å². The van der Waals surface area contributed by atoms with Crippen LogP contribution in [0.5, 0.6) is 0 Å². The average molecular weight is 149 g/mol. The van der Waals surface area contributed by atoms with E-state index in [0.29, 0.717) is 0 Å². The minimum absolute atomic E-state index is 0.734. The van der Waals surface area contributed by atoms with Gasteiger partial charge >= 0.3 is 0 Å². The molecule has 0 unspecified atom stereocenters. The molecule has 0 radical (unpaired) electrons. The summed E-state index contributed by atoms with van der Waals surface area (Å²) >= 11 is 0. The molecule has 0 atom stereocenters. The Morgan fingerprint density at radius 1 is 1.55 bits per heavy atom. The summed E-state index contributed by atoms with van der Waals surface area (Å²) in [4.78, 5) is 10.3. The third-order valence-electron chi connectivity index (χ3n) is 1.47. The second-order valence-corrected chi connectivity index (χ2v) is 2.39. The summed E-state index contributed by atoms with van der Waals surface area (Å²) in [5.74, 6) is 0. The van der Waals surface area contributed by atoms with Gasteiger partial charge in [0.05, 0.1) is 0 Å². The first kappa shape index (κ1) is 7.95. The van der Waals surface area contributed by atoms with Gasteiger partial charge in [-0.15, -0.1) is 0 Å². The van der Waals surface area contributed by atoms with E-state index in [1.54, 1.807) is 6.07 Å². The lowest BCUT2D eigenvalue weighted by Crippen LogP contribution is -2.04. The number of nitrogens with one attached hydrogen (secondary N) is 1. The van der Waals surface area contributed by atoms with E-state index >= 15 is 0 Å². The van der Waals surface area contributed by atoms with Crippen LogP contribution in [-0.4, -0.2) is 13.3 Å². The molecule has 2 heteroatoms. The van der Waals surface area contributed by atoms with Gasteiger partial charge in [0.1, 0.15) is 6.29 Å². The molecule has 1 N–H and O–H groups in total. The number of aldehydes is 1. The second-order valence-electron chi connectivity index (χ2n) is 2.39. The summed E-state index contributed by atoms with van der Waals surface area (Å²) in [7, 11) is 1.88. The van der Waals surface area contributed by atoms with Gasteiger partial charge in [0, 0.05) is 12.1 Å². The van der Waals surface area contributed by atoms with Crippen molar-refractivity contribution >= 4 is 6.29 Å². The Kier molecular flexibility index (Phi) is 2.81. The number of hydrogen-bond acceptors (Lipinski definition) is 2. The number of carbonyl (C=O) groups is 1. The standard InChI is InChI=1S/C9H11NO/c1-10-6-8-3-2-4-9(5-8)7-11/h2-5,7,10H,6H2,1H3. The van der Waals surface area contributed by atoms with Gasteiger partial charge in [-0.3, -0.25) is 4.79 Å². The van der Waals surface area contributed by atoms with Crippen molar-refractivity contribution in [2.45, 2.75) is 6.54 Å². The highest BCUT2D eigenvalue weighted by molar-refractivity contribution is 5.74. The van der Waals surface area contributed by atoms with Gasteiger partial charge in [-0.1, -0.05) is 18.2 Å². The van der Waals surface area contributed by atoms with Crippen molar-refractivity contribution in [2.75, 3.05) is 7.05 Å². The molecule has 0 amide bonds. The van der Waals surface area contributed by atoms with Crippen molar-refractivity contribution in [2.24, 2.45) is 0 Å². The average Bonchev–Trinajstić information content (AvgIpc) is 2.06. The van der Waals surface area contributed by atoms with Crippen LogP contribution >= 0.6 is 0 Å². The van der Waals surface area contributed by atoms with Crippen molar-refractivity contribution in [1.29, 1.82) is 0 Å². The highest BCUT2D eigenvalue weighted by Crippen LogP contribution is 2.01. The Morgan fingerprint density at radius 3 is 3.00 bits per heavy atom. The van der Waals surface area contributed by atoms with E-state index in [0.717, 1.165) is 24.0 Å². The Bertz CT molecular complexity index is 245. The molecule has 0 aromatic heterocycles. The minimum atomic E-state index is 0.734. The Morgan fingerprint density at radius 2 is 2.36 bits per heavy atom. The van der Waals surface area contributed by atoms with Crippen LogP contribution in [0.25, 0.3) is 0 Å². The summed E-state index contributed by atoms with van der Waals surface area (Å²) < 4.78 is 0. The minimum Gasteiger partial charge on any atom is -0.316 e. The van der Waals surface area contributed by atoms with Crippen molar-refractivity contribution in [1.82, 2.24) is 5.32 Å². The van der Waals surface area contributed by atoms with E-state index in [4.69, 9.17) is 0 Å². The lowest BCUT2D eigenvalue weighted by molar-refractivity contribution is 0.112. The van der Waals surface area contributed by atoms with Gasteiger partial charge in [-0.25, -0.2) is 0 Å². The third kappa shape index (κ3) is 2.16. The molecule has 0 heterocycles. The van der Waals surface area contributed by atoms with E-state index < -0.39 is 0 Å². The quantitative estimate of drug-likeness (QED) is 0.655. The van der Waals surface area contributed by atoms with Crippen LogP contribution in [0.15, 0.2) is 24.3 Å². The summed E-state index contributed by atoms with van der Waals surface area (Å²) in [6, 6.07) is 7.55. The molecule has 0 spiro atoms. The number of benzene rings is 1. The Hall–Kier alpha value is -1.15. The first-order valence-electron chi connectivity index (χ1n) is 3.55. The molecule has 1 rings (SSSR count).